The van der Waals surface area contributed by atoms with Gasteiger partial charge in [0.25, 0.3) is 5.91 Å². The van der Waals surface area contributed by atoms with Gasteiger partial charge in [-0.15, -0.1) is 0 Å². The molecule has 2 fully saturated rings. The third kappa shape index (κ3) is 2.51. The van der Waals surface area contributed by atoms with Crippen molar-refractivity contribution in [3.8, 4) is 0 Å². The lowest BCUT2D eigenvalue weighted by atomic mass is 9.99. The standard InChI is InChI=1S/C14H19ClN2O2/c15-10-7-12(17(8-10)11-3-4-11)13(19)16-14(9-18)5-1-2-6-14/h7-8,11,18H,1-6,9H2,(H,16,19). The van der Waals surface area contributed by atoms with E-state index in [1.165, 1.54) is 0 Å². The van der Waals surface area contributed by atoms with E-state index in [9.17, 15) is 9.90 Å². The first-order valence-corrected chi connectivity index (χ1v) is 7.32. The number of carbonyl (C=O) groups excluding carboxylic acids is 1. The Morgan fingerprint density at radius 1 is 1.47 bits per heavy atom. The number of nitrogens with zero attached hydrogens (tertiary/aromatic N) is 1. The van der Waals surface area contributed by atoms with Gasteiger partial charge in [-0.3, -0.25) is 4.79 Å². The lowest BCUT2D eigenvalue weighted by Crippen LogP contribution is -2.49. The van der Waals surface area contributed by atoms with Crippen molar-refractivity contribution in [2.24, 2.45) is 0 Å². The Kier molecular flexibility index (Phi) is 3.31. The Bertz CT molecular complexity index is 488. The molecule has 0 aromatic carbocycles. The average Bonchev–Trinajstić information content (AvgIpc) is 3.01. The Balaban J connectivity index is 1.80. The van der Waals surface area contributed by atoms with Crippen molar-refractivity contribution < 1.29 is 9.90 Å². The summed E-state index contributed by atoms with van der Waals surface area (Å²) in [6.07, 6.45) is 7.87. The zero-order chi connectivity index (χ0) is 13.5. The molecule has 0 spiro atoms. The van der Waals surface area contributed by atoms with Crippen LogP contribution in [-0.2, 0) is 0 Å². The normalized spacial score (nSPS) is 21.6. The van der Waals surface area contributed by atoms with Crippen LogP contribution in [0.15, 0.2) is 12.3 Å². The molecule has 2 aliphatic rings. The molecule has 4 nitrogen and oxygen atoms in total. The van der Waals surface area contributed by atoms with Crippen LogP contribution in [0.25, 0.3) is 0 Å². The molecule has 1 aromatic heterocycles. The van der Waals surface area contributed by atoms with Gasteiger partial charge in [-0.1, -0.05) is 24.4 Å². The van der Waals surface area contributed by atoms with Gasteiger partial charge >= 0.3 is 0 Å². The number of carbonyl (C=O) groups is 1. The highest BCUT2D eigenvalue weighted by atomic mass is 35.5. The van der Waals surface area contributed by atoms with E-state index >= 15 is 0 Å². The fraction of sp³-hybridized carbons (Fsp3) is 0.643. The van der Waals surface area contributed by atoms with Gasteiger partial charge in [0, 0.05) is 12.2 Å². The van der Waals surface area contributed by atoms with Gasteiger partial charge in [0.15, 0.2) is 0 Å². The van der Waals surface area contributed by atoms with Crippen molar-refractivity contribution in [1.82, 2.24) is 9.88 Å². The molecule has 1 amide bonds. The van der Waals surface area contributed by atoms with Crippen molar-refractivity contribution in [2.45, 2.75) is 50.1 Å². The van der Waals surface area contributed by atoms with Crippen molar-refractivity contribution in [2.75, 3.05) is 6.61 Å². The van der Waals surface area contributed by atoms with Crippen LogP contribution in [0.3, 0.4) is 0 Å². The number of rotatable bonds is 4. The van der Waals surface area contributed by atoms with Crippen molar-refractivity contribution >= 4 is 17.5 Å². The summed E-state index contributed by atoms with van der Waals surface area (Å²) in [4.78, 5) is 12.4. The summed E-state index contributed by atoms with van der Waals surface area (Å²) in [5.74, 6) is -0.116. The third-order valence-corrected chi connectivity index (χ3v) is 4.44. The van der Waals surface area contributed by atoms with Crippen LogP contribution in [0.1, 0.15) is 55.1 Å². The lowest BCUT2D eigenvalue weighted by Gasteiger charge is -2.28. The summed E-state index contributed by atoms with van der Waals surface area (Å²) in [6, 6.07) is 2.14. The molecule has 2 saturated carbocycles. The molecule has 2 aliphatic carbocycles. The maximum absolute atomic E-state index is 12.4. The molecule has 3 rings (SSSR count). The Morgan fingerprint density at radius 3 is 2.74 bits per heavy atom. The molecule has 0 radical (unpaired) electrons. The van der Waals surface area contributed by atoms with E-state index in [1.54, 1.807) is 6.07 Å². The molecule has 0 saturated heterocycles. The second-order valence-corrected chi connectivity index (χ2v) is 6.22. The monoisotopic (exact) mass is 282 g/mol. The second-order valence-electron chi connectivity index (χ2n) is 5.78. The van der Waals surface area contributed by atoms with E-state index in [1.807, 2.05) is 10.8 Å². The predicted molar refractivity (Wildman–Crippen MR) is 73.5 cm³/mol. The Hall–Kier alpha value is -1.00. The van der Waals surface area contributed by atoms with Crippen molar-refractivity contribution in [1.29, 1.82) is 0 Å². The SMILES string of the molecule is O=C(NC1(CO)CCCC1)c1cc(Cl)cn1C1CC1. The summed E-state index contributed by atoms with van der Waals surface area (Å²) < 4.78 is 1.97. The highest BCUT2D eigenvalue weighted by Crippen LogP contribution is 2.38. The van der Waals surface area contributed by atoms with Crippen LogP contribution in [0.4, 0.5) is 0 Å². The van der Waals surface area contributed by atoms with E-state index in [4.69, 9.17) is 11.6 Å². The van der Waals surface area contributed by atoms with Gasteiger partial charge in [-0.2, -0.15) is 0 Å². The van der Waals surface area contributed by atoms with Crippen LogP contribution in [0.5, 0.6) is 0 Å². The number of hydrogen-bond donors (Lipinski definition) is 2. The zero-order valence-electron chi connectivity index (χ0n) is 10.9. The first kappa shape index (κ1) is 13.0. The molecule has 5 heteroatoms. The summed E-state index contributed by atoms with van der Waals surface area (Å²) in [5.41, 5.74) is 0.189. The first-order valence-electron chi connectivity index (χ1n) is 6.94. The second kappa shape index (κ2) is 4.84. The summed E-state index contributed by atoms with van der Waals surface area (Å²) in [5, 5.41) is 13.2. The minimum atomic E-state index is -0.428. The van der Waals surface area contributed by atoms with E-state index in [-0.39, 0.29) is 12.5 Å². The topological polar surface area (TPSA) is 54.3 Å². The maximum atomic E-state index is 12.4. The van der Waals surface area contributed by atoms with E-state index in [0.717, 1.165) is 38.5 Å². The van der Waals surface area contributed by atoms with Crippen LogP contribution in [0.2, 0.25) is 5.02 Å². The van der Waals surface area contributed by atoms with Crippen molar-refractivity contribution in [3.05, 3.63) is 23.0 Å². The summed E-state index contributed by atoms with van der Waals surface area (Å²) in [6.45, 7) is 0.0105. The molecule has 104 valence electrons. The average molecular weight is 283 g/mol. The number of hydrogen-bond acceptors (Lipinski definition) is 2. The fourth-order valence-electron chi connectivity index (χ4n) is 2.96. The van der Waals surface area contributed by atoms with Gasteiger partial charge in [-0.05, 0) is 31.7 Å². The molecule has 19 heavy (non-hydrogen) atoms. The number of nitrogens with one attached hydrogen (secondary N) is 1. The van der Waals surface area contributed by atoms with Gasteiger partial charge in [0.2, 0.25) is 0 Å². The number of aliphatic hydroxyl groups excluding tert-OH is 1. The number of aromatic nitrogens is 1. The van der Waals surface area contributed by atoms with Crippen LogP contribution in [0, 0.1) is 0 Å². The van der Waals surface area contributed by atoms with Crippen LogP contribution in [-0.4, -0.2) is 27.7 Å². The molecule has 0 unspecified atom stereocenters. The minimum Gasteiger partial charge on any atom is -0.394 e. The molecule has 1 heterocycles. The molecular weight excluding hydrogens is 264 g/mol. The van der Waals surface area contributed by atoms with E-state index in [0.29, 0.717) is 16.8 Å². The zero-order valence-corrected chi connectivity index (χ0v) is 11.6. The molecule has 2 N–H and O–H groups in total. The predicted octanol–water partition coefficient (Wildman–Crippen LogP) is 2.51. The van der Waals surface area contributed by atoms with Gasteiger partial charge in [0.05, 0.1) is 17.2 Å². The van der Waals surface area contributed by atoms with Gasteiger partial charge < -0.3 is 15.0 Å². The number of aliphatic hydroxyl groups is 1. The fourth-order valence-corrected chi connectivity index (χ4v) is 3.17. The van der Waals surface area contributed by atoms with Gasteiger partial charge in [0.1, 0.15) is 5.69 Å². The highest BCUT2D eigenvalue weighted by Gasteiger charge is 2.36. The largest absolute Gasteiger partial charge is 0.394 e. The number of halogens is 1. The number of amides is 1. The smallest absolute Gasteiger partial charge is 0.268 e. The van der Waals surface area contributed by atoms with E-state index in [2.05, 4.69) is 5.32 Å². The van der Waals surface area contributed by atoms with Gasteiger partial charge in [-0.25, -0.2) is 0 Å². The maximum Gasteiger partial charge on any atom is 0.268 e. The van der Waals surface area contributed by atoms with E-state index < -0.39 is 5.54 Å². The highest BCUT2D eigenvalue weighted by molar-refractivity contribution is 6.31. The van der Waals surface area contributed by atoms with Crippen LogP contribution >= 0.6 is 11.6 Å². The third-order valence-electron chi connectivity index (χ3n) is 4.23. The molecular formula is C14H19ClN2O2. The van der Waals surface area contributed by atoms with Crippen LogP contribution < -0.4 is 5.32 Å². The molecule has 0 aliphatic heterocycles. The summed E-state index contributed by atoms with van der Waals surface area (Å²) >= 11 is 6.02. The quantitative estimate of drug-likeness (QED) is 0.891. The Morgan fingerprint density at radius 2 is 2.16 bits per heavy atom. The molecule has 0 atom stereocenters. The molecule has 1 aromatic rings. The minimum absolute atomic E-state index is 0.0105. The summed E-state index contributed by atoms with van der Waals surface area (Å²) in [7, 11) is 0. The van der Waals surface area contributed by atoms with Crippen molar-refractivity contribution in [3.63, 3.8) is 0 Å². The first-order chi connectivity index (χ1) is 9.13. The Labute approximate surface area is 117 Å². The molecule has 0 bridgehead atoms. The lowest BCUT2D eigenvalue weighted by molar-refractivity contribution is 0.0829.